The van der Waals surface area contributed by atoms with Gasteiger partial charge in [0.25, 0.3) is 11.8 Å². The maximum absolute atomic E-state index is 13.3. The zero-order chi connectivity index (χ0) is 18.4. The van der Waals surface area contributed by atoms with Gasteiger partial charge in [-0.25, -0.2) is 4.98 Å². The van der Waals surface area contributed by atoms with Gasteiger partial charge in [-0.1, -0.05) is 23.8 Å². The van der Waals surface area contributed by atoms with Crippen molar-refractivity contribution in [1.29, 1.82) is 0 Å². The first-order valence-electron chi connectivity index (χ1n) is 8.85. The van der Waals surface area contributed by atoms with Crippen molar-refractivity contribution in [2.45, 2.75) is 25.3 Å². The van der Waals surface area contributed by atoms with E-state index in [0.717, 1.165) is 25.2 Å². The number of amides is 2. The molecule has 3 heterocycles. The molecule has 1 aromatic heterocycles. The van der Waals surface area contributed by atoms with E-state index in [1.165, 1.54) is 17.2 Å². The largest absolute Gasteiger partial charge is 0.364 e. The van der Waals surface area contributed by atoms with Crippen LogP contribution >= 0.6 is 0 Å². The van der Waals surface area contributed by atoms with Gasteiger partial charge in [0.15, 0.2) is 0 Å². The van der Waals surface area contributed by atoms with Crippen molar-refractivity contribution < 1.29 is 9.59 Å². The number of primary amides is 1. The van der Waals surface area contributed by atoms with E-state index >= 15 is 0 Å². The number of likely N-dealkylation sites (tertiary alicyclic amines) is 1. The minimum Gasteiger partial charge on any atom is -0.364 e. The molecule has 2 atom stereocenters. The summed E-state index contributed by atoms with van der Waals surface area (Å²) in [7, 11) is 2.12. The molecule has 2 aromatic rings. The highest BCUT2D eigenvalue weighted by atomic mass is 16.2. The Bertz CT molecular complexity index is 895. The van der Waals surface area contributed by atoms with Gasteiger partial charge in [0.05, 0.1) is 0 Å². The van der Waals surface area contributed by atoms with Gasteiger partial charge in [-0.2, -0.15) is 0 Å². The van der Waals surface area contributed by atoms with Crippen LogP contribution in [0, 0.1) is 6.92 Å². The normalized spacial score (nSPS) is 22.0. The monoisotopic (exact) mass is 350 g/mol. The van der Waals surface area contributed by atoms with Crippen molar-refractivity contribution in [3.63, 3.8) is 0 Å². The summed E-state index contributed by atoms with van der Waals surface area (Å²) >= 11 is 0. The Labute approximate surface area is 152 Å². The smallest absolute Gasteiger partial charge is 0.277 e. The Balaban J connectivity index is 1.77. The van der Waals surface area contributed by atoms with Crippen molar-refractivity contribution in [3.8, 4) is 0 Å². The zero-order valence-electron chi connectivity index (χ0n) is 15.0. The van der Waals surface area contributed by atoms with Crippen molar-refractivity contribution in [3.05, 3.63) is 58.9 Å². The molecule has 1 aromatic carbocycles. The van der Waals surface area contributed by atoms with Crippen LogP contribution in [-0.2, 0) is 0 Å². The predicted molar refractivity (Wildman–Crippen MR) is 99.4 cm³/mol. The Morgan fingerprint density at radius 3 is 2.73 bits per heavy atom. The van der Waals surface area contributed by atoms with Crippen LogP contribution in [0.5, 0.6) is 0 Å². The number of nitrogens with zero attached hydrogens (tertiary/aromatic N) is 3. The average molecular weight is 350 g/mol. The van der Waals surface area contributed by atoms with Gasteiger partial charge in [0.1, 0.15) is 11.4 Å². The number of nitrogens with two attached hydrogens (primary N) is 1. The van der Waals surface area contributed by atoms with Gasteiger partial charge in [-0.05, 0) is 50.7 Å². The lowest BCUT2D eigenvalue weighted by atomic mass is 9.89. The summed E-state index contributed by atoms with van der Waals surface area (Å²) in [6, 6.07) is 11.2. The number of pyridine rings is 1. The van der Waals surface area contributed by atoms with Crippen LogP contribution in [0.1, 0.15) is 44.4 Å². The highest BCUT2D eigenvalue weighted by molar-refractivity contribution is 6.07. The molecule has 2 aliphatic heterocycles. The number of anilines is 1. The van der Waals surface area contributed by atoms with Crippen LogP contribution in [0.2, 0.25) is 0 Å². The molecule has 0 saturated carbocycles. The van der Waals surface area contributed by atoms with Crippen molar-refractivity contribution in [2.24, 2.45) is 5.73 Å². The summed E-state index contributed by atoms with van der Waals surface area (Å²) in [6.07, 6.45) is 0.913. The Morgan fingerprint density at radius 1 is 1.19 bits per heavy atom. The molecule has 4 rings (SSSR count). The molecular formula is C20H22N4O2. The second-order valence-corrected chi connectivity index (χ2v) is 7.23. The minimum atomic E-state index is -0.630. The van der Waals surface area contributed by atoms with Gasteiger partial charge in [-0.3, -0.25) is 9.59 Å². The number of benzene rings is 1. The summed E-state index contributed by atoms with van der Waals surface area (Å²) in [5.41, 5.74) is 9.06. The van der Waals surface area contributed by atoms with Crippen LogP contribution in [0.25, 0.3) is 0 Å². The van der Waals surface area contributed by atoms with E-state index in [1.807, 2.05) is 17.0 Å². The lowest BCUT2D eigenvalue weighted by molar-refractivity contribution is 0.0959. The second-order valence-electron chi connectivity index (χ2n) is 7.23. The third kappa shape index (κ3) is 2.66. The maximum atomic E-state index is 13.3. The molecule has 0 unspecified atom stereocenters. The molecule has 0 spiro atoms. The molecule has 1 saturated heterocycles. The molecular weight excluding hydrogens is 328 g/mol. The predicted octanol–water partition coefficient (Wildman–Crippen LogP) is 1.94. The van der Waals surface area contributed by atoms with E-state index in [4.69, 9.17) is 5.73 Å². The van der Waals surface area contributed by atoms with Crippen molar-refractivity contribution in [2.75, 3.05) is 25.0 Å². The Hall–Kier alpha value is -2.73. The quantitative estimate of drug-likeness (QED) is 0.898. The molecule has 2 aliphatic rings. The van der Waals surface area contributed by atoms with Crippen LogP contribution in [0.4, 0.5) is 5.69 Å². The summed E-state index contributed by atoms with van der Waals surface area (Å²) in [4.78, 5) is 33.1. The third-order valence-corrected chi connectivity index (χ3v) is 5.39. The first-order chi connectivity index (χ1) is 12.5. The Kier molecular flexibility index (Phi) is 4.00. The van der Waals surface area contributed by atoms with E-state index in [-0.39, 0.29) is 23.3 Å². The zero-order valence-corrected chi connectivity index (χ0v) is 15.0. The fraction of sp³-hybridized carbons (Fsp3) is 0.350. The number of aromatic nitrogens is 1. The van der Waals surface area contributed by atoms with Crippen LogP contribution < -0.4 is 10.6 Å². The second kappa shape index (κ2) is 6.21. The van der Waals surface area contributed by atoms with Crippen molar-refractivity contribution in [1.82, 2.24) is 9.88 Å². The molecule has 0 bridgehead atoms. The number of carbonyl (C=O) groups excluding carboxylic acids is 2. The van der Waals surface area contributed by atoms with Gasteiger partial charge in [0.2, 0.25) is 0 Å². The fourth-order valence-corrected chi connectivity index (χ4v) is 4.16. The maximum Gasteiger partial charge on any atom is 0.277 e. The van der Waals surface area contributed by atoms with Crippen LogP contribution in [0.3, 0.4) is 0 Å². The summed E-state index contributed by atoms with van der Waals surface area (Å²) < 4.78 is 0. The third-order valence-electron chi connectivity index (χ3n) is 5.39. The fourth-order valence-electron chi connectivity index (χ4n) is 4.16. The summed E-state index contributed by atoms with van der Waals surface area (Å²) in [5, 5.41) is 0. The van der Waals surface area contributed by atoms with Crippen molar-refractivity contribution >= 4 is 17.5 Å². The number of hydrogen-bond acceptors (Lipinski definition) is 4. The summed E-state index contributed by atoms with van der Waals surface area (Å²) in [5.74, 6) is -0.503. The van der Waals surface area contributed by atoms with Gasteiger partial charge in [0, 0.05) is 24.2 Å². The SMILES string of the molecule is Cc1ccc2c(c1)[C@H]1CN(C)CC[C@H]1N2C(=O)c1cccc(C(N)=O)n1. The highest BCUT2D eigenvalue weighted by Gasteiger charge is 2.44. The lowest BCUT2D eigenvalue weighted by Gasteiger charge is -2.36. The van der Waals surface area contributed by atoms with E-state index in [1.54, 1.807) is 12.1 Å². The lowest BCUT2D eigenvalue weighted by Crippen LogP contribution is -2.47. The number of fused-ring (bicyclic) bond motifs is 3. The van der Waals surface area contributed by atoms with E-state index in [0.29, 0.717) is 5.92 Å². The van der Waals surface area contributed by atoms with Crippen LogP contribution in [-0.4, -0.2) is 47.9 Å². The number of rotatable bonds is 2. The summed E-state index contributed by atoms with van der Waals surface area (Å²) in [6.45, 7) is 3.95. The number of aryl methyl sites for hydroxylation is 1. The van der Waals surface area contributed by atoms with Gasteiger partial charge >= 0.3 is 0 Å². The van der Waals surface area contributed by atoms with E-state index in [2.05, 4.69) is 29.9 Å². The molecule has 134 valence electrons. The molecule has 6 heteroatoms. The molecule has 0 aliphatic carbocycles. The van der Waals surface area contributed by atoms with Crippen LogP contribution in [0.15, 0.2) is 36.4 Å². The molecule has 2 N–H and O–H groups in total. The topological polar surface area (TPSA) is 79.5 Å². The highest BCUT2D eigenvalue weighted by Crippen LogP contribution is 2.45. The number of carbonyl (C=O) groups is 2. The molecule has 1 fully saturated rings. The van der Waals surface area contributed by atoms with Gasteiger partial charge < -0.3 is 15.5 Å². The van der Waals surface area contributed by atoms with Gasteiger partial charge in [-0.15, -0.1) is 0 Å². The molecule has 26 heavy (non-hydrogen) atoms. The number of hydrogen-bond donors (Lipinski definition) is 1. The minimum absolute atomic E-state index is 0.110. The van der Waals surface area contributed by atoms with E-state index in [9.17, 15) is 9.59 Å². The Morgan fingerprint density at radius 2 is 1.96 bits per heavy atom. The molecule has 6 nitrogen and oxygen atoms in total. The first-order valence-corrected chi connectivity index (χ1v) is 8.85. The molecule has 2 amide bonds. The van der Waals surface area contributed by atoms with E-state index < -0.39 is 5.91 Å². The average Bonchev–Trinajstić information content (AvgIpc) is 2.94. The number of piperidine rings is 1. The standard InChI is InChI=1S/C20H22N4O2/c1-12-6-7-17-13(10-12)14-11-23(2)9-8-18(14)24(17)20(26)16-5-3-4-15(22-16)19(21)25/h3-7,10,14,18H,8-9,11H2,1-2H3,(H2,21,25)/t14-,18-/m1/s1. The number of likely N-dealkylation sites (N-methyl/N-ethyl adjacent to an activating group) is 1. The molecule has 0 radical (unpaired) electrons. The first kappa shape index (κ1) is 16.7.